The van der Waals surface area contributed by atoms with Gasteiger partial charge in [-0.15, -0.1) is 11.3 Å². The van der Waals surface area contributed by atoms with Gasteiger partial charge in [-0.05, 0) is 12.5 Å². The fourth-order valence-electron chi connectivity index (χ4n) is 1.24. The van der Waals surface area contributed by atoms with Gasteiger partial charge in [0.1, 0.15) is 0 Å². The van der Waals surface area contributed by atoms with Crippen molar-refractivity contribution in [3.8, 4) is 0 Å². The zero-order valence-corrected chi connectivity index (χ0v) is 8.34. The summed E-state index contributed by atoms with van der Waals surface area (Å²) in [5.74, 6) is 0. The van der Waals surface area contributed by atoms with Gasteiger partial charge in [-0.1, -0.05) is 29.8 Å². The molecule has 1 nitrogen and oxygen atoms in total. The summed E-state index contributed by atoms with van der Waals surface area (Å²) < 4.78 is 0. The lowest BCUT2D eigenvalue weighted by Crippen LogP contribution is -1.84. The van der Waals surface area contributed by atoms with Crippen molar-refractivity contribution in [2.75, 3.05) is 0 Å². The molecule has 0 N–H and O–H groups in total. The summed E-state index contributed by atoms with van der Waals surface area (Å²) in [6.07, 6.45) is 2.94. The standard InChI is InChI=1S/C11H11NS/c1-9-2-4-10(5-3-9)6-11-7-12-8-13-11/h2-5,7-8H,6H2,1H3. The lowest BCUT2D eigenvalue weighted by atomic mass is 10.1. The Morgan fingerprint density at radius 3 is 2.62 bits per heavy atom. The summed E-state index contributed by atoms with van der Waals surface area (Å²) in [4.78, 5) is 5.38. The van der Waals surface area contributed by atoms with Crippen LogP contribution in [-0.2, 0) is 6.42 Å². The van der Waals surface area contributed by atoms with Gasteiger partial charge in [0.2, 0.25) is 0 Å². The van der Waals surface area contributed by atoms with E-state index in [2.05, 4.69) is 36.2 Å². The maximum atomic E-state index is 4.05. The molecule has 2 aromatic rings. The van der Waals surface area contributed by atoms with Crippen molar-refractivity contribution in [1.82, 2.24) is 4.98 Å². The maximum Gasteiger partial charge on any atom is 0.0794 e. The van der Waals surface area contributed by atoms with Crippen molar-refractivity contribution in [1.29, 1.82) is 0 Å². The number of benzene rings is 1. The van der Waals surface area contributed by atoms with Gasteiger partial charge in [0.15, 0.2) is 0 Å². The van der Waals surface area contributed by atoms with E-state index < -0.39 is 0 Å². The van der Waals surface area contributed by atoms with Crippen molar-refractivity contribution < 1.29 is 0 Å². The van der Waals surface area contributed by atoms with Gasteiger partial charge < -0.3 is 0 Å². The van der Waals surface area contributed by atoms with Gasteiger partial charge in [0, 0.05) is 17.5 Å². The third-order valence-corrected chi connectivity index (χ3v) is 2.76. The van der Waals surface area contributed by atoms with Gasteiger partial charge in [-0.3, -0.25) is 4.98 Å². The van der Waals surface area contributed by atoms with Crippen molar-refractivity contribution in [3.63, 3.8) is 0 Å². The van der Waals surface area contributed by atoms with Gasteiger partial charge >= 0.3 is 0 Å². The highest BCUT2D eigenvalue weighted by Gasteiger charge is 1.96. The molecule has 13 heavy (non-hydrogen) atoms. The Balaban J connectivity index is 2.15. The van der Waals surface area contributed by atoms with E-state index in [4.69, 9.17) is 0 Å². The third-order valence-electron chi connectivity index (χ3n) is 1.98. The smallest absolute Gasteiger partial charge is 0.0794 e. The first-order valence-electron chi connectivity index (χ1n) is 4.27. The lowest BCUT2D eigenvalue weighted by Gasteiger charge is -1.98. The normalized spacial score (nSPS) is 10.2. The molecule has 0 radical (unpaired) electrons. The van der Waals surface area contributed by atoms with Crippen LogP contribution in [0, 0.1) is 6.92 Å². The molecule has 0 unspecified atom stereocenters. The Bertz CT molecular complexity index is 361. The molecule has 1 aromatic heterocycles. The van der Waals surface area contributed by atoms with Crippen LogP contribution >= 0.6 is 11.3 Å². The highest BCUT2D eigenvalue weighted by molar-refractivity contribution is 7.09. The highest BCUT2D eigenvalue weighted by atomic mass is 32.1. The first-order valence-corrected chi connectivity index (χ1v) is 5.15. The molecule has 0 amide bonds. The maximum absolute atomic E-state index is 4.05. The number of rotatable bonds is 2. The second-order valence-electron chi connectivity index (χ2n) is 3.13. The minimum Gasteiger partial charge on any atom is -0.253 e. The van der Waals surface area contributed by atoms with Crippen molar-refractivity contribution in [2.45, 2.75) is 13.3 Å². The molecular weight excluding hydrogens is 178 g/mol. The average Bonchev–Trinajstić information content (AvgIpc) is 2.62. The number of aromatic nitrogens is 1. The monoisotopic (exact) mass is 189 g/mol. The quantitative estimate of drug-likeness (QED) is 0.707. The Morgan fingerprint density at radius 1 is 1.23 bits per heavy atom. The largest absolute Gasteiger partial charge is 0.253 e. The SMILES string of the molecule is Cc1ccc(Cc2cncs2)cc1. The summed E-state index contributed by atoms with van der Waals surface area (Å²) in [5.41, 5.74) is 4.55. The molecule has 0 atom stereocenters. The molecule has 0 bridgehead atoms. The summed E-state index contributed by atoms with van der Waals surface area (Å²) in [5, 5.41) is 0. The molecular formula is C11H11NS. The topological polar surface area (TPSA) is 12.9 Å². The first-order chi connectivity index (χ1) is 6.34. The Labute approximate surface area is 82.1 Å². The van der Waals surface area contributed by atoms with E-state index >= 15 is 0 Å². The highest BCUT2D eigenvalue weighted by Crippen LogP contribution is 2.13. The van der Waals surface area contributed by atoms with Crippen LogP contribution in [-0.4, -0.2) is 4.98 Å². The summed E-state index contributed by atoms with van der Waals surface area (Å²) in [6, 6.07) is 8.65. The summed E-state index contributed by atoms with van der Waals surface area (Å²) in [7, 11) is 0. The molecule has 0 aliphatic rings. The molecule has 0 aliphatic heterocycles. The van der Waals surface area contributed by atoms with Crippen LogP contribution in [0.1, 0.15) is 16.0 Å². The van der Waals surface area contributed by atoms with E-state index in [9.17, 15) is 0 Å². The van der Waals surface area contributed by atoms with E-state index in [1.807, 2.05) is 11.7 Å². The van der Waals surface area contributed by atoms with Crippen LogP contribution in [0.25, 0.3) is 0 Å². The molecule has 0 fully saturated rings. The molecule has 0 saturated carbocycles. The minimum atomic E-state index is 1.00. The predicted octanol–water partition coefficient (Wildman–Crippen LogP) is 3.04. The number of aryl methyl sites for hydroxylation is 1. The average molecular weight is 189 g/mol. The molecule has 1 heterocycles. The summed E-state index contributed by atoms with van der Waals surface area (Å²) in [6.45, 7) is 2.11. The predicted molar refractivity (Wildman–Crippen MR) is 56.1 cm³/mol. The Hall–Kier alpha value is -1.15. The van der Waals surface area contributed by atoms with E-state index in [0.717, 1.165) is 6.42 Å². The molecule has 1 aromatic carbocycles. The lowest BCUT2D eigenvalue weighted by molar-refractivity contribution is 1.21. The van der Waals surface area contributed by atoms with E-state index in [0.29, 0.717) is 0 Å². The van der Waals surface area contributed by atoms with Crippen molar-refractivity contribution in [3.05, 3.63) is 52.0 Å². The van der Waals surface area contributed by atoms with E-state index in [-0.39, 0.29) is 0 Å². The van der Waals surface area contributed by atoms with Gasteiger partial charge in [-0.25, -0.2) is 0 Å². The fraction of sp³-hybridized carbons (Fsp3) is 0.182. The van der Waals surface area contributed by atoms with Crippen LogP contribution in [0.4, 0.5) is 0 Å². The van der Waals surface area contributed by atoms with Crippen LogP contribution in [0.3, 0.4) is 0 Å². The van der Waals surface area contributed by atoms with Crippen molar-refractivity contribution in [2.24, 2.45) is 0 Å². The molecule has 0 saturated heterocycles. The van der Waals surface area contributed by atoms with E-state index in [1.165, 1.54) is 16.0 Å². The molecule has 0 aliphatic carbocycles. The van der Waals surface area contributed by atoms with E-state index in [1.54, 1.807) is 11.3 Å². The van der Waals surface area contributed by atoms with Crippen LogP contribution in [0.2, 0.25) is 0 Å². The Morgan fingerprint density at radius 2 is 2.00 bits per heavy atom. The second kappa shape index (κ2) is 3.71. The van der Waals surface area contributed by atoms with Gasteiger partial charge in [0.25, 0.3) is 0 Å². The van der Waals surface area contributed by atoms with Crippen LogP contribution < -0.4 is 0 Å². The zero-order chi connectivity index (χ0) is 9.10. The minimum absolute atomic E-state index is 1.00. The Kier molecular flexibility index (Phi) is 2.41. The number of hydrogen-bond acceptors (Lipinski definition) is 2. The van der Waals surface area contributed by atoms with Crippen molar-refractivity contribution >= 4 is 11.3 Å². The van der Waals surface area contributed by atoms with Gasteiger partial charge in [0.05, 0.1) is 5.51 Å². The fourth-order valence-corrected chi connectivity index (χ4v) is 1.87. The second-order valence-corrected chi connectivity index (χ2v) is 4.10. The summed E-state index contributed by atoms with van der Waals surface area (Å²) >= 11 is 1.71. The molecule has 2 heteroatoms. The van der Waals surface area contributed by atoms with Crippen LogP contribution in [0.5, 0.6) is 0 Å². The van der Waals surface area contributed by atoms with Crippen LogP contribution in [0.15, 0.2) is 36.0 Å². The molecule has 66 valence electrons. The third kappa shape index (κ3) is 2.16. The van der Waals surface area contributed by atoms with Gasteiger partial charge in [-0.2, -0.15) is 0 Å². The molecule has 0 spiro atoms. The molecule has 2 rings (SSSR count). The zero-order valence-electron chi connectivity index (χ0n) is 7.53. The number of thiazole rings is 1. The first kappa shape index (κ1) is 8.45. The number of hydrogen-bond donors (Lipinski definition) is 0. The number of nitrogens with zero attached hydrogens (tertiary/aromatic N) is 1.